The van der Waals surface area contributed by atoms with Gasteiger partial charge < -0.3 is 5.32 Å². The second kappa shape index (κ2) is 5.65. The number of carbonyl (C=O) groups excluding carboxylic acids is 1. The molecule has 1 amide bonds. The van der Waals surface area contributed by atoms with Crippen LogP contribution in [0, 0.1) is 5.41 Å². The lowest BCUT2D eigenvalue weighted by Crippen LogP contribution is -2.31. The molecule has 3 nitrogen and oxygen atoms in total. The lowest BCUT2D eigenvalue weighted by atomic mass is 9.83. The van der Waals surface area contributed by atoms with Crippen LogP contribution in [-0.2, 0) is 9.54 Å². The maximum absolute atomic E-state index is 12.1. The van der Waals surface area contributed by atoms with Crippen LogP contribution >= 0.6 is 23.4 Å². The van der Waals surface area contributed by atoms with Gasteiger partial charge in [0.05, 0.1) is 0 Å². The predicted octanol–water partition coefficient (Wildman–Crippen LogP) is 4.40. The molecule has 1 heterocycles. The third-order valence-corrected chi connectivity index (χ3v) is 6.03. The van der Waals surface area contributed by atoms with Crippen molar-refractivity contribution in [3.05, 3.63) is 34.3 Å². The molecule has 21 heavy (non-hydrogen) atoms. The SMILES string of the molecule is CC1(c2ccc(C3CCCCC3)c(Cl)c2)SC(=N)NC1=O. The van der Waals surface area contributed by atoms with Gasteiger partial charge in [0.15, 0.2) is 5.17 Å². The highest BCUT2D eigenvalue weighted by atomic mass is 35.5. The highest BCUT2D eigenvalue weighted by Gasteiger charge is 2.43. The third-order valence-electron chi connectivity index (χ3n) is 4.56. The van der Waals surface area contributed by atoms with Crippen LogP contribution < -0.4 is 5.32 Å². The zero-order chi connectivity index (χ0) is 15.0. The maximum atomic E-state index is 12.1. The zero-order valence-corrected chi connectivity index (χ0v) is 13.6. The summed E-state index contributed by atoms with van der Waals surface area (Å²) >= 11 is 7.74. The van der Waals surface area contributed by atoms with Gasteiger partial charge in [0.2, 0.25) is 5.91 Å². The molecule has 1 saturated carbocycles. The van der Waals surface area contributed by atoms with Crippen LogP contribution in [0.5, 0.6) is 0 Å². The summed E-state index contributed by atoms with van der Waals surface area (Å²) in [6, 6.07) is 5.99. The Labute approximate surface area is 134 Å². The quantitative estimate of drug-likeness (QED) is 0.847. The van der Waals surface area contributed by atoms with Gasteiger partial charge in [0.25, 0.3) is 0 Å². The molecule has 112 valence electrons. The molecule has 5 heteroatoms. The molecule has 0 bridgehead atoms. The van der Waals surface area contributed by atoms with E-state index >= 15 is 0 Å². The molecule has 1 aromatic rings. The number of nitrogens with one attached hydrogen (secondary N) is 2. The lowest BCUT2D eigenvalue weighted by molar-refractivity contribution is -0.121. The Morgan fingerprint density at radius 2 is 2.05 bits per heavy atom. The normalized spacial score (nSPS) is 27.0. The van der Waals surface area contributed by atoms with Crippen molar-refractivity contribution in [1.29, 1.82) is 5.41 Å². The minimum atomic E-state index is -0.744. The Bertz CT molecular complexity index is 598. The molecule has 1 unspecified atom stereocenters. The topological polar surface area (TPSA) is 53.0 Å². The van der Waals surface area contributed by atoms with E-state index in [0.717, 1.165) is 10.6 Å². The fourth-order valence-electron chi connectivity index (χ4n) is 3.26. The summed E-state index contributed by atoms with van der Waals surface area (Å²) in [6.45, 7) is 1.85. The molecule has 1 saturated heterocycles. The standard InChI is InChI=1S/C16H19ClN2OS/c1-16(14(20)19-15(18)21-16)11-7-8-12(13(17)9-11)10-5-3-2-4-6-10/h7-10H,2-6H2,1H3,(H2,18,19,20). The molecule has 2 aliphatic rings. The maximum Gasteiger partial charge on any atom is 0.246 e. The zero-order valence-electron chi connectivity index (χ0n) is 12.0. The number of amidine groups is 1. The van der Waals surface area contributed by atoms with Crippen molar-refractivity contribution in [2.24, 2.45) is 0 Å². The Morgan fingerprint density at radius 1 is 1.33 bits per heavy atom. The summed E-state index contributed by atoms with van der Waals surface area (Å²) in [5, 5.41) is 11.2. The first-order valence-electron chi connectivity index (χ1n) is 7.39. The smallest absolute Gasteiger partial charge is 0.246 e. The molecule has 0 aromatic heterocycles. The Kier molecular flexibility index (Phi) is 4.02. The highest BCUT2D eigenvalue weighted by Crippen LogP contribution is 2.43. The first kappa shape index (κ1) is 14.9. The average Bonchev–Trinajstić information content (AvgIpc) is 2.73. The number of rotatable bonds is 2. The lowest BCUT2D eigenvalue weighted by Gasteiger charge is -2.25. The number of hydrogen-bond donors (Lipinski definition) is 2. The van der Waals surface area contributed by atoms with Gasteiger partial charge in [0.1, 0.15) is 4.75 Å². The largest absolute Gasteiger partial charge is 0.304 e. The Balaban J connectivity index is 1.90. The third kappa shape index (κ3) is 2.71. The molecule has 1 aliphatic heterocycles. The van der Waals surface area contributed by atoms with Gasteiger partial charge in [-0.15, -0.1) is 0 Å². The van der Waals surface area contributed by atoms with E-state index in [9.17, 15) is 4.79 Å². The van der Waals surface area contributed by atoms with E-state index in [-0.39, 0.29) is 11.1 Å². The number of thioether (sulfide) groups is 1. The number of amides is 1. The van der Waals surface area contributed by atoms with Crippen LogP contribution in [0.25, 0.3) is 0 Å². The minimum Gasteiger partial charge on any atom is -0.304 e. The molecular weight excluding hydrogens is 304 g/mol. The molecule has 2 N–H and O–H groups in total. The molecule has 1 aromatic carbocycles. The van der Waals surface area contributed by atoms with Crippen LogP contribution in [0.3, 0.4) is 0 Å². The highest BCUT2D eigenvalue weighted by molar-refractivity contribution is 8.15. The minimum absolute atomic E-state index is 0.140. The number of benzene rings is 1. The molecular formula is C16H19ClN2OS. The van der Waals surface area contributed by atoms with E-state index in [1.165, 1.54) is 49.4 Å². The monoisotopic (exact) mass is 322 g/mol. The van der Waals surface area contributed by atoms with Crippen LogP contribution in [0.2, 0.25) is 5.02 Å². The van der Waals surface area contributed by atoms with E-state index in [2.05, 4.69) is 11.4 Å². The average molecular weight is 323 g/mol. The van der Waals surface area contributed by atoms with E-state index < -0.39 is 4.75 Å². The van der Waals surface area contributed by atoms with Crippen LogP contribution in [0.4, 0.5) is 0 Å². The summed E-state index contributed by atoms with van der Waals surface area (Å²) in [6.07, 6.45) is 6.28. The van der Waals surface area contributed by atoms with E-state index in [1.807, 2.05) is 19.1 Å². The summed E-state index contributed by atoms with van der Waals surface area (Å²) in [7, 11) is 0. The number of halogens is 1. The van der Waals surface area contributed by atoms with Gasteiger partial charge >= 0.3 is 0 Å². The van der Waals surface area contributed by atoms with Gasteiger partial charge in [0, 0.05) is 5.02 Å². The van der Waals surface area contributed by atoms with Crippen molar-refractivity contribution in [2.45, 2.75) is 49.7 Å². The molecule has 3 rings (SSSR count). The molecule has 1 aliphatic carbocycles. The second-order valence-electron chi connectivity index (χ2n) is 5.99. The van der Waals surface area contributed by atoms with Gasteiger partial charge in [-0.25, -0.2) is 0 Å². The first-order chi connectivity index (χ1) is 10.0. The van der Waals surface area contributed by atoms with Gasteiger partial charge in [-0.05, 0) is 42.9 Å². The molecule has 0 radical (unpaired) electrons. The predicted molar refractivity (Wildman–Crippen MR) is 88.1 cm³/mol. The summed E-state index contributed by atoms with van der Waals surface area (Å²) < 4.78 is -0.744. The number of carbonyl (C=O) groups is 1. The van der Waals surface area contributed by atoms with Crippen LogP contribution in [-0.4, -0.2) is 11.1 Å². The van der Waals surface area contributed by atoms with Crippen molar-refractivity contribution in [3.8, 4) is 0 Å². The van der Waals surface area contributed by atoms with Crippen molar-refractivity contribution >= 4 is 34.4 Å². The van der Waals surface area contributed by atoms with E-state index in [4.69, 9.17) is 17.0 Å². The fourth-order valence-corrected chi connectivity index (χ4v) is 4.53. The van der Waals surface area contributed by atoms with Crippen molar-refractivity contribution in [2.75, 3.05) is 0 Å². The molecule has 0 spiro atoms. The summed E-state index contributed by atoms with van der Waals surface area (Å²) in [5.74, 6) is 0.412. The van der Waals surface area contributed by atoms with Crippen molar-refractivity contribution < 1.29 is 4.79 Å². The number of hydrogen-bond acceptors (Lipinski definition) is 3. The van der Waals surface area contributed by atoms with Gasteiger partial charge in [-0.3, -0.25) is 10.2 Å². The van der Waals surface area contributed by atoms with Gasteiger partial charge in [-0.2, -0.15) is 0 Å². The molecule has 1 atom stereocenters. The van der Waals surface area contributed by atoms with Gasteiger partial charge in [-0.1, -0.05) is 54.8 Å². The first-order valence-corrected chi connectivity index (χ1v) is 8.59. The summed E-state index contributed by atoms with van der Waals surface area (Å²) in [5.41, 5.74) is 2.08. The van der Waals surface area contributed by atoms with E-state index in [0.29, 0.717) is 5.92 Å². The second-order valence-corrected chi connectivity index (χ2v) is 7.83. The Morgan fingerprint density at radius 3 is 2.62 bits per heavy atom. The van der Waals surface area contributed by atoms with E-state index in [1.54, 1.807) is 0 Å². The van der Waals surface area contributed by atoms with Crippen LogP contribution in [0.15, 0.2) is 18.2 Å². The van der Waals surface area contributed by atoms with Crippen LogP contribution in [0.1, 0.15) is 56.1 Å². The Hall–Kier alpha value is -1.00. The molecule has 2 fully saturated rings. The summed E-state index contributed by atoms with van der Waals surface area (Å²) in [4.78, 5) is 12.1. The van der Waals surface area contributed by atoms with Crippen molar-refractivity contribution in [1.82, 2.24) is 5.32 Å². The fraction of sp³-hybridized carbons (Fsp3) is 0.500. The van der Waals surface area contributed by atoms with Crippen molar-refractivity contribution in [3.63, 3.8) is 0 Å².